The molecule has 0 aromatic carbocycles. The topological polar surface area (TPSA) is 38.4 Å². The van der Waals surface area contributed by atoms with E-state index in [-0.39, 0.29) is 11.3 Å². The van der Waals surface area contributed by atoms with Crippen molar-refractivity contribution >= 4 is 6.21 Å². The zero-order chi connectivity index (χ0) is 17.0. The fourth-order valence-corrected chi connectivity index (χ4v) is 2.44. The Hall–Kier alpha value is -2.01. The average molecular weight is 298 g/mol. The van der Waals surface area contributed by atoms with Gasteiger partial charge in [0.25, 0.3) is 0 Å². The lowest BCUT2D eigenvalue weighted by Crippen LogP contribution is -2.24. The molecule has 120 valence electrons. The molecular formula is C20H30N2. The molecule has 0 bridgehead atoms. The highest BCUT2D eigenvalue weighted by Crippen LogP contribution is 2.37. The van der Waals surface area contributed by atoms with Gasteiger partial charge in [-0.15, -0.1) is 6.42 Å². The van der Waals surface area contributed by atoms with Crippen molar-refractivity contribution in [2.45, 2.75) is 40.5 Å². The number of nitrogens with zero attached hydrogens (tertiary/aromatic N) is 1. The molecule has 0 radical (unpaired) electrons. The summed E-state index contributed by atoms with van der Waals surface area (Å²) in [6, 6.07) is 0. The van der Waals surface area contributed by atoms with Gasteiger partial charge in [0.05, 0.1) is 6.54 Å². The smallest absolute Gasteiger partial charge is 0.0566 e. The van der Waals surface area contributed by atoms with Crippen LogP contribution in [0.4, 0.5) is 0 Å². The summed E-state index contributed by atoms with van der Waals surface area (Å²) in [7, 11) is 0. The molecule has 0 amide bonds. The van der Waals surface area contributed by atoms with E-state index < -0.39 is 0 Å². The minimum atomic E-state index is -0.195. The van der Waals surface area contributed by atoms with Gasteiger partial charge in [-0.3, -0.25) is 4.99 Å². The van der Waals surface area contributed by atoms with E-state index in [9.17, 15) is 0 Å². The molecule has 0 aromatic rings. The third-order valence-electron chi connectivity index (χ3n) is 3.77. The molecule has 0 rings (SSSR count). The molecule has 1 unspecified atom stereocenters. The van der Waals surface area contributed by atoms with Gasteiger partial charge < -0.3 is 5.73 Å². The standard InChI is InChI=1S/C20H30N2/c1-7-14-20(6,16-17(8-2)19(21)10-4)18(9-3)13-12-15-22-11-5/h3,7-8,11-14,18H,2,10,15-16,21H2,1,4-6H3/b13-12+,14-7-,19-17+,22-11?/t18?,20-/m0/s1. The van der Waals surface area contributed by atoms with Gasteiger partial charge in [-0.2, -0.15) is 0 Å². The first-order chi connectivity index (χ1) is 10.5. The van der Waals surface area contributed by atoms with Gasteiger partial charge in [0, 0.05) is 17.0 Å². The van der Waals surface area contributed by atoms with Gasteiger partial charge in [-0.1, -0.05) is 56.7 Å². The zero-order valence-corrected chi connectivity index (χ0v) is 14.5. The number of rotatable bonds is 9. The van der Waals surface area contributed by atoms with Crippen molar-refractivity contribution < 1.29 is 0 Å². The first kappa shape index (κ1) is 20.0. The maximum atomic E-state index is 6.11. The van der Waals surface area contributed by atoms with Gasteiger partial charge in [-0.25, -0.2) is 0 Å². The summed E-state index contributed by atoms with van der Waals surface area (Å²) in [5.41, 5.74) is 7.86. The van der Waals surface area contributed by atoms with E-state index in [0.29, 0.717) is 6.54 Å². The zero-order valence-electron chi connectivity index (χ0n) is 14.5. The van der Waals surface area contributed by atoms with Crippen molar-refractivity contribution in [3.8, 4) is 12.3 Å². The average Bonchev–Trinajstić information content (AvgIpc) is 2.52. The van der Waals surface area contributed by atoms with Crippen LogP contribution in [0, 0.1) is 23.7 Å². The fourth-order valence-electron chi connectivity index (χ4n) is 2.44. The highest BCUT2D eigenvalue weighted by molar-refractivity contribution is 5.53. The third kappa shape index (κ3) is 6.18. The van der Waals surface area contributed by atoms with Crippen molar-refractivity contribution in [2.24, 2.45) is 22.1 Å². The first-order valence-corrected chi connectivity index (χ1v) is 7.80. The van der Waals surface area contributed by atoms with Crippen LogP contribution in [0.3, 0.4) is 0 Å². The van der Waals surface area contributed by atoms with Gasteiger partial charge in [0.2, 0.25) is 0 Å². The van der Waals surface area contributed by atoms with Crippen molar-refractivity contribution in [3.05, 3.63) is 48.2 Å². The summed E-state index contributed by atoms with van der Waals surface area (Å²) < 4.78 is 0. The molecule has 0 spiro atoms. The van der Waals surface area contributed by atoms with Crippen LogP contribution in [-0.4, -0.2) is 12.8 Å². The summed E-state index contributed by atoms with van der Waals surface area (Å²) in [6.45, 7) is 12.7. The summed E-state index contributed by atoms with van der Waals surface area (Å²) >= 11 is 0. The largest absolute Gasteiger partial charge is 0.402 e. The monoisotopic (exact) mass is 298 g/mol. The third-order valence-corrected chi connectivity index (χ3v) is 3.77. The molecule has 2 N–H and O–H groups in total. The van der Waals surface area contributed by atoms with E-state index in [1.54, 1.807) is 6.21 Å². The molecule has 0 aliphatic heterocycles. The van der Waals surface area contributed by atoms with Gasteiger partial charge in [-0.05, 0) is 38.5 Å². The fraction of sp³-hybridized carbons (Fsp3) is 0.450. The SMILES string of the molecule is C#CC(/C=C/CN=CC)[C@@](C)(/C=C\C)C/C(C=C)=C(/N)CC. The second-order valence-electron chi connectivity index (χ2n) is 5.49. The molecule has 0 aliphatic rings. The maximum absolute atomic E-state index is 6.11. The molecule has 2 atom stereocenters. The molecule has 22 heavy (non-hydrogen) atoms. The highest BCUT2D eigenvalue weighted by atomic mass is 14.7. The second-order valence-corrected chi connectivity index (χ2v) is 5.49. The minimum Gasteiger partial charge on any atom is -0.402 e. The Morgan fingerprint density at radius 2 is 2.14 bits per heavy atom. The van der Waals surface area contributed by atoms with Crippen LogP contribution >= 0.6 is 0 Å². The highest BCUT2D eigenvalue weighted by Gasteiger charge is 2.29. The second kappa shape index (κ2) is 10.7. The van der Waals surface area contributed by atoms with E-state index >= 15 is 0 Å². The van der Waals surface area contributed by atoms with Crippen molar-refractivity contribution in [2.75, 3.05) is 6.54 Å². The number of terminal acetylenes is 1. The van der Waals surface area contributed by atoms with Crippen LogP contribution < -0.4 is 5.73 Å². The Labute approximate surface area is 136 Å². The van der Waals surface area contributed by atoms with Gasteiger partial charge in [0.1, 0.15) is 0 Å². The van der Waals surface area contributed by atoms with Gasteiger partial charge >= 0.3 is 0 Å². The Morgan fingerprint density at radius 1 is 1.45 bits per heavy atom. The molecule has 0 aliphatic carbocycles. The normalized spacial score (nSPS) is 17.4. The summed E-state index contributed by atoms with van der Waals surface area (Å²) in [5, 5.41) is 0. The Balaban J connectivity index is 5.50. The molecule has 0 saturated carbocycles. The Kier molecular flexibility index (Phi) is 9.70. The first-order valence-electron chi connectivity index (χ1n) is 7.80. The van der Waals surface area contributed by atoms with Crippen LogP contribution in [0.1, 0.15) is 40.5 Å². The van der Waals surface area contributed by atoms with Crippen LogP contribution in [0.2, 0.25) is 0 Å². The number of aliphatic imine (C=N–C) groups is 1. The molecule has 2 heteroatoms. The van der Waals surface area contributed by atoms with E-state index in [0.717, 1.165) is 24.1 Å². The van der Waals surface area contributed by atoms with Crippen LogP contribution in [0.15, 0.2) is 53.2 Å². The number of allylic oxidation sites excluding steroid dienone is 6. The van der Waals surface area contributed by atoms with Crippen molar-refractivity contribution in [1.82, 2.24) is 0 Å². The molecule has 2 nitrogen and oxygen atoms in total. The van der Waals surface area contributed by atoms with E-state index in [1.165, 1.54) is 0 Å². The van der Waals surface area contributed by atoms with E-state index in [4.69, 9.17) is 12.2 Å². The lowest BCUT2D eigenvalue weighted by atomic mass is 9.72. The quantitative estimate of drug-likeness (QED) is 0.286. The lowest BCUT2D eigenvalue weighted by molar-refractivity contribution is 0.364. The number of hydrogen-bond donors (Lipinski definition) is 1. The van der Waals surface area contributed by atoms with Crippen molar-refractivity contribution in [1.29, 1.82) is 0 Å². The van der Waals surface area contributed by atoms with Crippen molar-refractivity contribution in [3.63, 3.8) is 0 Å². The maximum Gasteiger partial charge on any atom is 0.0566 e. The predicted molar refractivity (Wildman–Crippen MR) is 99.7 cm³/mol. The summed E-state index contributed by atoms with van der Waals surface area (Å²) in [5.74, 6) is 2.88. The number of hydrogen-bond acceptors (Lipinski definition) is 2. The molecular weight excluding hydrogens is 268 g/mol. The lowest BCUT2D eigenvalue weighted by Gasteiger charge is -2.31. The van der Waals surface area contributed by atoms with Crippen LogP contribution in [-0.2, 0) is 0 Å². The molecule has 0 aromatic heterocycles. The number of nitrogens with two attached hydrogens (primary N) is 1. The Morgan fingerprint density at radius 3 is 2.59 bits per heavy atom. The van der Waals surface area contributed by atoms with E-state index in [2.05, 4.69) is 36.6 Å². The summed E-state index contributed by atoms with van der Waals surface area (Å²) in [6.07, 6.45) is 19.3. The van der Waals surface area contributed by atoms with E-state index in [1.807, 2.05) is 39.0 Å². The minimum absolute atomic E-state index is 0.0182. The van der Waals surface area contributed by atoms with Crippen LogP contribution in [0.5, 0.6) is 0 Å². The molecule has 0 saturated heterocycles. The van der Waals surface area contributed by atoms with Crippen LogP contribution in [0.25, 0.3) is 0 Å². The molecule has 0 fully saturated rings. The van der Waals surface area contributed by atoms with Gasteiger partial charge in [0.15, 0.2) is 0 Å². The summed E-state index contributed by atoms with van der Waals surface area (Å²) in [4.78, 5) is 4.18. The molecule has 0 heterocycles. The predicted octanol–water partition coefficient (Wildman–Crippen LogP) is 4.66. The Bertz CT molecular complexity index is 500.